The molecule has 9 nitrogen and oxygen atoms in total. The lowest BCUT2D eigenvalue weighted by Gasteiger charge is -2.20. The molecule has 0 bridgehead atoms. The molecule has 0 aromatic heterocycles. The molecule has 26 heavy (non-hydrogen) atoms. The van der Waals surface area contributed by atoms with E-state index in [1.807, 2.05) is 19.1 Å². The smallest absolute Gasteiger partial charge is 0.269 e. The van der Waals surface area contributed by atoms with Gasteiger partial charge in [-0.3, -0.25) is 19.7 Å². The highest BCUT2D eigenvalue weighted by Gasteiger charge is 2.55. The molecule has 0 unspecified atom stereocenters. The number of aryl methyl sites for hydroxylation is 1. The molecule has 130 valence electrons. The molecule has 0 radical (unpaired) electrons. The van der Waals surface area contributed by atoms with E-state index >= 15 is 0 Å². The Balaban J connectivity index is 1.65. The van der Waals surface area contributed by atoms with E-state index in [1.165, 1.54) is 29.3 Å². The maximum Gasteiger partial charge on any atom is 0.269 e. The van der Waals surface area contributed by atoms with Crippen LogP contribution in [0.4, 0.5) is 17.1 Å². The van der Waals surface area contributed by atoms with Crippen molar-refractivity contribution in [3.05, 3.63) is 64.2 Å². The van der Waals surface area contributed by atoms with Gasteiger partial charge in [0, 0.05) is 12.1 Å². The molecule has 0 aliphatic carbocycles. The van der Waals surface area contributed by atoms with Crippen molar-refractivity contribution in [3.8, 4) is 0 Å². The van der Waals surface area contributed by atoms with Gasteiger partial charge in [-0.1, -0.05) is 22.9 Å². The van der Waals surface area contributed by atoms with Crippen molar-refractivity contribution in [3.63, 3.8) is 0 Å². The number of nitrogens with zero attached hydrogens (tertiary/aromatic N) is 5. The number of non-ortho nitro benzene ring substituents is 1. The van der Waals surface area contributed by atoms with Crippen LogP contribution in [0.2, 0.25) is 0 Å². The van der Waals surface area contributed by atoms with Crippen LogP contribution in [-0.4, -0.2) is 28.8 Å². The standard InChI is InChI=1S/C17H13N5O4/c1-10-2-4-11(5-3-10)20-16(23)14-15(17(20)24)21(19-18-14)12-6-8-13(9-7-12)22(25)26/h2-9,14-15H,1H3/t14-,15-/m1/s1. The molecule has 9 heteroatoms. The zero-order valence-electron chi connectivity index (χ0n) is 13.6. The summed E-state index contributed by atoms with van der Waals surface area (Å²) in [6, 6.07) is 10.8. The molecule has 2 aliphatic heterocycles. The van der Waals surface area contributed by atoms with Gasteiger partial charge in [-0.15, -0.1) is 0 Å². The maximum atomic E-state index is 12.9. The number of carbonyl (C=O) groups is 2. The maximum absolute atomic E-state index is 12.9. The first-order valence-corrected chi connectivity index (χ1v) is 7.86. The van der Waals surface area contributed by atoms with Gasteiger partial charge in [0.2, 0.25) is 0 Å². The highest BCUT2D eigenvalue weighted by atomic mass is 16.6. The molecule has 0 spiro atoms. The van der Waals surface area contributed by atoms with E-state index < -0.39 is 28.8 Å². The SMILES string of the molecule is Cc1ccc(N2C(=O)[C@@H]3N=NN(c4ccc([N+](=O)[O-])cc4)[C@H]3C2=O)cc1. The van der Waals surface area contributed by atoms with Crippen LogP contribution in [-0.2, 0) is 9.59 Å². The van der Waals surface area contributed by atoms with E-state index in [9.17, 15) is 19.7 Å². The van der Waals surface area contributed by atoms with Gasteiger partial charge in [-0.05, 0) is 31.2 Å². The van der Waals surface area contributed by atoms with Gasteiger partial charge < -0.3 is 0 Å². The fourth-order valence-corrected chi connectivity index (χ4v) is 3.05. The minimum Gasteiger partial charge on any atom is -0.271 e. The number of imide groups is 1. The fourth-order valence-electron chi connectivity index (χ4n) is 3.05. The third kappa shape index (κ3) is 2.32. The number of nitro benzene ring substituents is 1. The molecular formula is C17H13N5O4. The van der Waals surface area contributed by atoms with Crippen LogP contribution < -0.4 is 9.91 Å². The summed E-state index contributed by atoms with van der Waals surface area (Å²) in [6.45, 7) is 1.91. The van der Waals surface area contributed by atoms with Crippen LogP contribution in [0.3, 0.4) is 0 Å². The lowest BCUT2D eigenvalue weighted by Crippen LogP contribution is -2.39. The molecular weight excluding hydrogens is 338 g/mol. The molecule has 2 aromatic carbocycles. The van der Waals surface area contributed by atoms with Gasteiger partial charge in [0.15, 0.2) is 12.1 Å². The number of anilines is 2. The van der Waals surface area contributed by atoms with Gasteiger partial charge in [-0.25, -0.2) is 9.91 Å². The van der Waals surface area contributed by atoms with Crippen molar-refractivity contribution < 1.29 is 14.5 Å². The zero-order chi connectivity index (χ0) is 18.4. The van der Waals surface area contributed by atoms with Crippen molar-refractivity contribution in [2.45, 2.75) is 19.0 Å². The topological polar surface area (TPSA) is 108 Å². The number of amides is 2. The second kappa shape index (κ2) is 5.73. The van der Waals surface area contributed by atoms with Crippen molar-refractivity contribution >= 4 is 28.9 Å². The minimum absolute atomic E-state index is 0.0726. The first kappa shape index (κ1) is 15.9. The third-order valence-electron chi connectivity index (χ3n) is 4.40. The number of hydrogen-bond donors (Lipinski definition) is 0. The molecule has 0 saturated carbocycles. The average Bonchev–Trinajstić information content (AvgIpc) is 3.17. The normalized spacial score (nSPS) is 21.4. The van der Waals surface area contributed by atoms with E-state index in [2.05, 4.69) is 10.3 Å². The Kier molecular flexibility index (Phi) is 3.50. The molecule has 1 fully saturated rings. The summed E-state index contributed by atoms with van der Waals surface area (Å²) in [5.41, 5.74) is 1.88. The molecule has 2 heterocycles. The Hall–Kier alpha value is -3.62. The lowest BCUT2D eigenvalue weighted by atomic mass is 10.1. The predicted molar refractivity (Wildman–Crippen MR) is 91.7 cm³/mol. The fraction of sp³-hybridized carbons (Fsp3) is 0.176. The highest BCUT2D eigenvalue weighted by Crippen LogP contribution is 2.35. The molecule has 2 amide bonds. The Morgan fingerprint density at radius 3 is 2.19 bits per heavy atom. The van der Waals surface area contributed by atoms with Crippen molar-refractivity contribution in [1.29, 1.82) is 0 Å². The second-order valence-corrected chi connectivity index (χ2v) is 6.06. The number of hydrogen-bond acceptors (Lipinski definition) is 7. The van der Waals surface area contributed by atoms with E-state index in [4.69, 9.17) is 0 Å². The van der Waals surface area contributed by atoms with Gasteiger partial charge >= 0.3 is 0 Å². The molecule has 4 rings (SSSR count). The van der Waals surface area contributed by atoms with Gasteiger partial charge in [0.25, 0.3) is 17.5 Å². The number of carbonyl (C=O) groups excluding carboxylic acids is 2. The number of benzene rings is 2. The summed E-state index contributed by atoms with van der Waals surface area (Å²) < 4.78 is 0. The summed E-state index contributed by atoms with van der Waals surface area (Å²) in [5.74, 6) is -0.857. The monoisotopic (exact) mass is 351 g/mol. The van der Waals surface area contributed by atoms with Crippen molar-refractivity contribution in [1.82, 2.24) is 0 Å². The summed E-state index contributed by atoms with van der Waals surface area (Å²) in [5, 5.41) is 20.0. The van der Waals surface area contributed by atoms with Crippen LogP contribution in [0.1, 0.15) is 5.56 Å². The van der Waals surface area contributed by atoms with Crippen molar-refractivity contribution in [2.75, 3.05) is 9.91 Å². The van der Waals surface area contributed by atoms with Crippen LogP contribution in [0, 0.1) is 17.0 Å². The molecule has 0 N–H and O–H groups in total. The Morgan fingerprint density at radius 2 is 1.58 bits per heavy atom. The lowest BCUT2D eigenvalue weighted by molar-refractivity contribution is -0.384. The number of fused-ring (bicyclic) bond motifs is 1. The first-order valence-electron chi connectivity index (χ1n) is 7.86. The van der Waals surface area contributed by atoms with E-state index in [0.29, 0.717) is 11.4 Å². The minimum atomic E-state index is -0.918. The van der Waals surface area contributed by atoms with E-state index in [0.717, 1.165) is 10.5 Å². The molecule has 2 aliphatic rings. The molecule has 2 aromatic rings. The summed E-state index contributed by atoms with van der Waals surface area (Å²) >= 11 is 0. The first-order chi connectivity index (χ1) is 12.5. The number of nitro groups is 1. The summed E-state index contributed by atoms with van der Waals surface area (Å²) in [4.78, 5) is 36.9. The van der Waals surface area contributed by atoms with Crippen LogP contribution in [0.5, 0.6) is 0 Å². The van der Waals surface area contributed by atoms with E-state index in [-0.39, 0.29) is 5.69 Å². The van der Waals surface area contributed by atoms with Crippen LogP contribution >= 0.6 is 0 Å². The van der Waals surface area contributed by atoms with E-state index in [1.54, 1.807) is 12.1 Å². The third-order valence-corrected chi connectivity index (χ3v) is 4.40. The Bertz CT molecular complexity index is 939. The highest BCUT2D eigenvalue weighted by molar-refractivity contribution is 6.26. The van der Waals surface area contributed by atoms with Gasteiger partial charge in [0.05, 0.1) is 16.3 Å². The predicted octanol–water partition coefficient (Wildman–Crippen LogP) is 2.40. The molecule has 2 atom stereocenters. The largest absolute Gasteiger partial charge is 0.271 e. The summed E-state index contributed by atoms with van der Waals surface area (Å²) in [6.07, 6.45) is 0. The Morgan fingerprint density at radius 1 is 0.962 bits per heavy atom. The van der Waals surface area contributed by atoms with Crippen molar-refractivity contribution in [2.24, 2.45) is 10.3 Å². The van der Waals surface area contributed by atoms with Gasteiger partial charge in [0.1, 0.15) is 0 Å². The van der Waals surface area contributed by atoms with Gasteiger partial charge in [-0.2, -0.15) is 5.11 Å². The zero-order valence-corrected chi connectivity index (χ0v) is 13.6. The second-order valence-electron chi connectivity index (χ2n) is 6.06. The quantitative estimate of drug-likeness (QED) is 0.479. The van der Waals surface area contributed by atoms with Crippen LogP contribution in [0.25, 0.3) is 0 Å². The summed E-state index contributed by atoms with van der Waals surface area (Å²) in [7, 11) is 0. The van der Waals surface area contributed by atoms with Crippen LogP contribution in [0.15, 0.2) is 58.9 Å². The average molecular weight is 351 g/mol. The number of rotatable bonds is 3. The Labute approximate surface area is 147 Å². The molecule has 1 saturated heterocycles.